The Morgan fingerprint density at radius 2 is 1.81 bits per heavy atom. The lowest BCUT2D eigenvalue weighted by atomic mass is 10.2. The van der Waals surface area contributed by atoms with Crippen LogP contribution < -0.4 is 10.7 Å². The Morgan fingerprint density at radius 1 is 1.07 bits per heavy atom. The number of fused-ring (bicyclic) bond motifs is 1. The summed E-state index contributed by atoms with van der Waals surface area (Å²) < 4.78 is 45.5. The third kappa shape index (κ3) is 3.24. The van der Waals surface area contributed by atoms with Crippen LogP contribution in [0.25, 0.3) is 11.1 Å². The number of nitrogens with one attached hydrogen (secondary N) is 1. The van der Waals surface area contributed by atoms with E-state index in [1.807, 2.05) is 11.0 Å². The van der Waals surface area contributed by atoms with Gasteiger partial charge in [0.05, 0.1) is 10.4 Å². The van der Waals surface area contributed by atoms with E-state index in [9.17, 15) is 17.6 Å². The van der Waals surface area contributed by atoms with Gasteiger partial charge in [-0.15, -0.1) is 0 Å². The number of aromatic amines is 1. The maximum Gasteiger partial charge on any atom is 0.417 e. The number of piperazine rings is 1. The number of rotatable bonds is 3. The molecule has 0 bridgehead atoms. The van der Waals surface area contributed by atoms with Crippen LogP contribution in [0.5, 0.6) is 0 Å². The van der Waals surface area contributed by atoms with Crippen molar-refractivity contribution >= 4 is 26.8 Å². The molecule has 2 aromatic carbocycles. The Kier molecular flexibility index (Phi) is 4.27. The van der Waals surface area contributed by atoms with Gasteiger partial charge in [-0.25, -0.2) is 17.6 Å². The Labute approximate surface area is 155 Å². The van der Waals surface area contributed by atoms with E-state index in [-0.39, 0.29) is 4.90 Å². The third-order valence-corrected chi connectivity index (χ3v) is 6.82. The minimum Gasteiger partial charge on any atom is -0.408 e. The Hall–Kier alpha value is -2.65. The monoisotopic (exact) mass is 391 g/mol. The van der Waals surface area contributed by atoms with Crippen LogP contribution in [0.1, 0.15) is 5.56 Å². The fraction of sp³-hybridized carbons (Fsp3) is 0.278. The van der Waals surface area contributed by atoms with Gasteiger partial charge in [0, 0.05) is 37.9 Å². The number of oxazole rings is 1. The Bertz CT molecular complexity index is 1160. The highest BCUT2D eigenvalue weighted by Gasteiger charge is 2.30. The molecule has 1 saturated heterocycles. The fourth-order valence-electron chi connectivity index (χ4n) is 3.36. The minimum absolute atomic E-state index is 0.132. The van der Waals surface area contributed by atoms with Crippen LogP contribution in [0.4, 0.5) is 10.1 Å². The number of hydrogen-bond acceptors (Lipinski definition) is 5. The lowest BCUT2D eigenvalue weighted by Gasteiger charge is -2.35. The van der Waals surface area contributed by atoms with E-state index in [0.29, 0.717) is 42.8 Å². The molecule has 0 radical (unpaired) electrons. The van der Waals surface area contributed by atoms with Crippen molar-refractivity contribution in [1.82, 2.24) is 9.29 Å². The first-order valence-corrected chi connectivity index (χ1v) is 9.93. The van der Waals surface area contributed by atoms with Crippen molar-refractivity contribution in [2.45, 2.75) is 11.8 Å². The number of aromatic nitrogens is 1. The topological polar surface area (TPSA) is 86.6 Å². The van der Waals surface area contributed by atoms with Crippen LogP contribution in [-0.2, 0) is 10.0 Å². The second kappa shape index (κ2) is 6.50. The summed E-state index contributed by atoms with van der Waals surface area (Å²) in [4.78, 5) is 16.0. The highest BCUT2D eigenvalue weighted by atomic mass is 32.2. The number of halogens is 1. The Morgan fingerprint density at radius 3 is 2.52 bits per heavy atom. The van der Waals surface area contributed by atoms with Crippen LogP contribution in [0.3, 0.4) is 0 Å². The molecule has 4 rings (SSSR count). The van der Waals surface area contributed by atoms with Crippen molar-refractivity contribution in [1.29, 1.82) is 0 Å². The molecule has 1 N–H and O–H groups in total. The molecule has 0 saturated carbocycles. The summed E-state index contributed by atoms with van der Waals surface area (Å²) in [5, 5.41) is 0. The summed E-state index contributed by atoms with van der Waals surface area (Å²) in [6.07, 6.45) is 0. The zero-order valence-corrected chi connectivity index (χ0v) is 15.4. The largest absolute Gasteiger partial charge is 0.417 e. The van der Waals surface area contributed by atoms with Crippen LogP contribution in [0.2, 0.25) is 0 Å². The molecule has 2 heterocycles. The number of anilines is 1. The average Bonchev–Trinajstić information content (AvgIpc) is 3.00. The summed E-state index contributed by atoms with van der Waals surface area (Å²) in [6.45, 7) is 3.22. The van der Waals surface area contributed by atoms with Gasteiger partial charge in [0.2, 0.25) is 10.0 Å². The van der Waals surface area contributed by atoms with E-state index in [1.165, 1.54) is 16.4 Å². The highest BCUT2D eigenvalue weighted by Crippen LogP contribution is 2.25. The molecule has 1 aromatic heterocycles. The molecule has 0 unspecified atom stereocenters. The molecule has 0 aliphatic carbocycles. The molecule has 0 atom stereocenters. The van der Waals surface area contributed by atoms with Gasteiger partial charge < -0.3 is 9.32 Å². The first-order valence-electron chi connectivity index (χ1n) is 8.49. The predicted molar refractivity (Wildman–Crippen MR) is 98.9 cm³/mol. The fourth-order valence-corrected chi connectivity index (χ4v) is 4.99. The van der Waals surface area contributed by atoms with E-state index in [4.69, 9.17) is 4.42 Å². The van der Waals surface area contributed by atoms with Gasteiger partial charge >= 0.3 is 5.76 Å². The predicted octanol–water partition coefficient (Wildman–Crippen LogP) is 2.08. The molecule has 0 spiro atoms. The van der Waals surface area contributed by atoms with Gasteiger partial charge in [0.25, 0.3) is 0 Å². The summed E-state index contributed by atoms with van der Waals surface area (Å²) in [5.74, 6) is -0.962. The zero-order valence-electron chi connectivity index (χ0n) is 14.6. The van der Waals surface area contributed by atoms with Crippen molar-refractivity contribution in [3.63, 3.8) is 0 Å². The van der Waals surface area contributed by atoms with Gasteiger partial charge in [0.1, 0.15) is 5.82 Å². The van der Waals surface area contributed by atoms with Gasteiger partial charge in [-0.05, 0) is 42.8 Å². The van der Waals surface area contributed by atoms with Crippen molar-refractivity contribution in [3.8, 4) is 0 Å². The molecule has 3 aromatic rings. The normalized spacial score (nSPS) is 16.1. The van der Waals surface area contributed by atoms with Crippen molar-refractivity contribution in [2.24, 2.45) is 0 Å². The summed E-state index contributed by atoms with van der Waals surface area (Å²) in [6, 6.07) is 9.09. The first-order chi connectivity index (χ1) is 12.8. The second-order valence-electron chi connectivity index (χ2n) is 6.50. The second-order valence-corrected chi connectivity index (χ2v) is 8.40. The quantitative estimate of drug-likeness (QED) is 0.739. The lowest BCUT2D eigenvalue weighted by Crippen LogP contribution is -2.48. The van der Waals surface area contributed by atoms with Crippen LogP contribution in [0, 0.1) is 12.7 Å². The van der Waals surface area contributed by atoms with Crippen molar-refractivity contribution in [2.75, 3.05) is 31.1 Å². The molecular weight excluding hydrogens is 373 g/mol. The number of hydrogen-bond donors (Lipinski definition) is 1. The zero-order chi connectivity index (χ0) is 19.2. The first kappa shape index (κ1) is 17.7. The number of H-pyrrole nitrogens is 1. The van der Waals surface area contributed by atoms with E-state index in [2.05, 4.69) is 4.98 Å². The summed E-state index contributed by atoms with van der Waals surface area (Å²) in [5.41, 5.74) is 2.34. The van der Waals surface area contributed by atoms with Gasteiger partial charge in [-0.3, -0.25) is 4.98 Å². The van der Waals surface area contributed by atoms with Crippen LogP contribution >= 0.6 is 0 Å². The maximum absolute atomic E-state index is 13.3. The number of benzene rings is 2. The van der Waals surface area contributed by atoms with Crippen LogP contribution in [0.15, 0.2) is 50.5 Å². The smallest absolute Gasteiger partial charge is 0.408 e. The summed E-state index contributed by atoms with van der Waals surface area (Å²) >= 11 is 0. The SMILES string of the molecule is Cc1cc(F)ccc1S(=O)(=O)N1CCN(c2ccc3[nH]c(=O)oc3c2)CC1. The third-order valence-electron chi connectivity index (χ3n) is 4.76. The molecule has 27 heavy (non-hydrogen) atoms. The molecular formula is C18H18FN3O4S. The standard InChI is InChI=1S/C18H18FN3O4S/c1-12-10-13(19)2-5-17(12)27(24,25)22-8-6-21(7-9-22)14-3-4-15-16(11-14)26-18(23)20-15/h2-5,10-11H,6-9H2,1H3,(H,20,23). The molecule has 1 fully saturated rings. The molecule has 9 heteroatoms. The van der Waals surface area contributed by atoms with Crippen molar-refractivity contribution < 1.29 is 17.2 Å². The number of aryl methyl sites for hydroxylation is 1. The lowest BCUT2D eigenvalue weighted by molar-refractivity contribution is 0.384. The molecule has 1 aliphatic rings. The molecule has 1 aliphatic heterocycles. The van der Waals surface area contributed by atoms with Crippen LogP contribution in [-0.4, -0.2) is 43.9 Å². The summed E-state index contributed by atoms with van der Waals surface area (Å²) in [7, 11) is -3.67. The van der Waals surface area contributed by atoms with E-state index in [0.717, 1.165) is 11.8 Å². The van der Waals surface area contributed by atoms with Crippen molar-refractivity contribution in [3.05, 3.63) is 58.3 Å². The van der Waals surface area contributed by atoms with Gasteiger partial charge in [0.15, 0.2) is 5.58 Å². The van der Waals surface area contributed by atoms with Gasteiger partial charge in [-0.1, -0.05) is 0 Å². The minimum atomic E-state index is -3.67. The number of nitrogens with zero attached hydrogens (tertiary/aromatic N) is 2. The molecule has 0 amide bonds. The molecule has 142 valence electrons. The number of sulfonamides is 1. The maximum atomic E-state index is 13.3. The van der Waals surface area contributed by atoms with E-state index in [1.54, 1.807) is 19.1 Å². The highest BCUT2D eigenvalue weighted by molar-refractivity contribution is 7.89. The van der Waals surface area contributed by atoms with E-state index >= 15 is 0 Å². The Balaban J connectivity index is 1.53. The average molecular weight is 391 g/mol. The van der Waals surface area contributed by atoms with Gasteiger partial charge in [-0.2, -0.15) is 4.31 Å². The van der Waals surface area contributed by atoms with E-state index < -0.39 is 21.6 Å². The molecule has 7 nitrogen and oxygen atoms in total.